The largest absolute Gasteiger partial charge is 0.369 e. The van der Waals surface area contributed by atoms with E-state index in [0.29, 0.717) is 48.8 Å². The second-order valence-corrected chi connectivity index (χ2v) is 8.33. The van der Waals surface area contributed by atoms with Crippen LogP contribution in [0.3, 0.4) is 0 Å². The Labute approximate surface area is 218 Å². The molecule has 0 aliphatic heterocycles. The van der Waals surface area contributed by atoms with E-state index in [0.717, 1.165) is 18.7 Å². The molecule has 0 saturated heterocycles. The van der Waals surface area contributed by atoms with E-state index >= 15 is 0 Å². The zero-order chi connectivity index (χ0) is 26.9. The molecule has 0 atom stereocenters. The number of anilines is 3. The van der Waals surface area contributed by atoms with Crippen LogP contribution in [0, 0.1) is 23.2 Å². The third-order valence-corrected chi connectivity index (χ3v) is 4.79. The Morgan fingerprint density at radius 2 is 1.92 bits per heavy atom. The van der Waals surface area contributed by atoms with Crippen LogP contribution in [0.2, 0.25) is 0 Å². The van der Waals surface area contributed by atoms with Crippen LogP contribution in [-0.4, -0.2) is 67.0 Å². The van der Waals surface area contributed by atoms with Gasteiger partial charge in [0, 0.05) is 37.8 Å². The van der Waals surface area contributed by atoms with E-state index < -0.39 is 0 Å². The highest BCUT2D eigenvalue weighted by Crippen LogP contribution is 2.17. The van der Waals surface area contributed by atoms with Crippen molar-refractivity contribution in [1.29, 1.82) is 5.26 Å². The topological polar surface area (TPSA) is 135 Å². The molecule has 194 valence electrons. The van der Waals surface area contributed by atoms with Crippen molar-refractivity contribution in [2.45, 2.75) is 26.2 Å². The third-order valence-electron chi connectivity index (χ3n) is 4.79. The summed E-state index contributed by atoms with van der Waals surface area (Å²) in [7, 11) is 3.81. The molecular weight excluding hydrogens is 468 g/mol. The number of carbonyl (C=O) groups excluding carboxylic acids is 2. The molecule has 1 heterocycles. The lowest BCUT2D eigenvalue weighted by Crippen LogP contribution is -2.36. The van der Waals surface area contributed by atoms with Crippen LogP contribution >= 0.6 is 0 Å². The number of nitrogens with one attached hydrogen (secondary N) is 4. The normalized spacial score (nSPS) is 10.4. The Bertz CT molecular complexity index is 1160. The maximum Gasteiger partial charge on any atom is 0.244 e. The number of nitriles is 1. The van der Waals surface area contributed by atoms with Crippen molar-refractivity contribution < 1.29 is 9.59 Å². The highest BCUT2D eigenvalue weighted by Gasteiger charge is 2.06. The fourth-order valence-corrected chi connectivity index (χ4v) is 2.89. The van der Waals surface area contributed by atoms with Crippen molar-refractivity contribution in [1.82, 2.24) is 25.5 Å². The number of carbonyl (C=O) groups is 2. The Morgan fingerprint density at radius 3 is 2.62 bits per heavy atom. The first-order chi connectivity index (χ1) is 17.9. The lowest BCUT2D eigenvalue weighted by atomic mass is 10.2. The van der Waals surface area contributed by atoms with Gasteiger partial charge in [0.1, 0.15) is 5.82 Å². The van der Waals surface area contributed by atoms with Gasteiger partial charge in [0.15, 0.2) is 0 Å². The first-order valence-corrected chi connectivity index (χ1v) is 12.1. The SMILES string of the molecule is CCCNc1nc(Nc2ccc(C#N)cc2)ncc1C#CCCCNC(=O)CNC(=O)/C=C/CN(C)C. The monoisotopic (exact) mass is 502 g/mol. The summed E-state index contributed by atoms with van der Waals surface area (Å²) in [5, 5.41) is 20.7. The number of amides is 2. The van der Waals surface area contributed by atoms with Crippen molar-refractivity contribution in [3.05, 3.63) is 53.7 Å². The molecular formula is C27H34N8O2. The molecule has 0 radical (unpaired) electrons. The smallest absolute Gasteiger partial charge is 0.244 e. The second kappa shape index (κ2) is 16.3. The number of hydrogen-bond acceptors (Lipinski definition) is 8. The first kappa shape index (κ1) is 28.8. The maximum atomic E-state index is 11.9. The van der Waals surface area contributed by atoms with Gasteiger partial charge in [0.2, 0.25) is 17.8 Å². The van der Waals surface area contributed by atoms with E-state index in [1.165, 1.54) is 6.08 Å². The van der Waals surface area contributed by atoms with Gasteiger partial charge < -0.3 is 26.2 Å². The average molecular weight is 503 g/mol. The number of hydrogen-bond donors (Lipinski definition) is 4. The summed E-state index contributed by atoms with van der Waals surface area (Å²) in [6.07, 6.45) is 7.01. The van der Waals surface area contributed by atoms with Gasteiger partial charge in [-0.05, 0) is 51.2 Å². The molecule has 4 N–H and O–H groups in total. The molecule has 1 aromatic carbocycles. The summed E-state index contributed by atoms with van der Waals surface area (Å²) >= 11 is 0. The zero-order valence-electron chi connectivity index (χ0n) is 21.6. The number of benzene rings is 1. The summed E-state index contributed by atoms with van der Waals surface area (Å²) in [6, 6.07) is 9.13. The van der Waals surface area contributed by atoms with Crippen LogP contribution in [-0.2, 0) is 9.59 Å². The van der Waals surface area contributed by atoms with Crippen LogP contribution in [0.4, 0.5) is 17.5 Å². The van der Waals surface area contributed by atoms with Crippen molar-refractivity contribution in [3.8, 4) is 17.9 Å². The standard InChI is InChI=1S/C27H34N8O2/c1-4-15-30-26-22(19-32-27(34-26)33-23-13-11-21(18-28)12-14-23)9-6-5-7-16-29-25(37)20-31-24(36)10-8-17-35(2)3/h8,10-14,19H,4-5,7,15-17,20H2,1-3H3,(H,29,37)(H,31,36)(H2,30,32,33,34)/b10-8+. The quantitative estimate of drug-likeness (QED) is 0.186. The molecule has 0 aliphatic rings. The van der Waals surface area contributed by atoms with E-state index in [2.05, 4.69) is 56.1 Å². The molecule has 10 nitrogen and oxygen atoms in total. The van der Waals surface area contributed by atoms with E-state index in [1.54, 1.807) is 36.5 Å². The van der Waals surface area contributed by atoms with Crippen molar-refractivity contribution in [2.75, 3.05) is 50.9 Å². The predicted octanol–water partition coefficient (Wildman–Crippen LogP) is 2.40. The summed E-state index contributed by atoms with van der Waals surface area (Å²) in [6.45, 7) is 3.86. The van der Waals surface area contributed by atoms with Crippen molar-refractivity contribution >= 4 is 29.3 Å². The van der Waals surface area contributed by atoms with Gasteiger partial charge in [-0.1, -0.05) is 24.8 Å². The van der Waals surface area contributed by atoms with E-state index in [4.69, 9.17) is 5.26 Å². The average Bonchev–Trinajstić information content (AvgIpc) is 2.89. The minimum atomic E-state index is -0.296. The molecule has 2 rings (SSSR count). The maximum absolute atomic E-state index is 11.9. The van der Waals surface area contributed by atoms with Crippen LogP contribution in [0.5, 0.6) is 0 Å². The third kappa shape index (κ3) is 11.7. The van der Waals surface area contributed by atoms with E-state index in [-0.39, 0.29) is 18.4 Å². The molecule has 0 unspecified atom stereocenters. The second-order valence-electron chi connectivity index (χ2n) is 8.33. The molecule has 0 aliphatic carbocycles. The van der Waals surface area contributed by atoms with E-state index in [9.17, 15) is 9.59 Å². The van der Waals surface area contributed by atoms with Crippen LogP contribution in [0.25, 0.3) is 0 Å². The fraction of sp³-hybridized carbons (Fsp3) is 0.370. The highest BCUT2D eigenvalue weighted by molar-refractivity contribution is 5.91. The number of unbranched alkanes of at least 4 members (excludes halogenated alkanes) is 1. The van der Waals surface area contributed by atoms with Crippen LogP contribution in [0.1, 0.15) is 37.3 Å². The molecule has 1 aromatic heterocycles. The molecule has 0 spiro atoms. The lowest BCUT2D eigenvalue weighted by Gasteiger charge is -2.10. The van der Waals surface area contributed by atoms with Gasteiger partial charge in [0.05, 0.1) is 29.9 Å². The minimum absolute atomic E-state index is 0.0660. The number of likely N-dealkylation sites (N-methyl/N-ethyl adjacent to an activating group) is 1. The number of rotatable bonds is 13. The van der Waals surface area contributed by atoms with Gasteiger partial charge in [-0.25, -0.2) is 4.98 Å². The zero-order valence-corrected chi connectivity index (χ0v) is 21.6. The van der Waals surface area contributed by atoms with Crippen LogP contribution < -0.4 is 21.3 Å². The minimum Gasteiger partial charge on any atom is -0.369 e. The predicted molar refractivity (Wildman–Crippen MR) is 145 cm³/mol. The molecule has 37 heavy (non-hydrogen) atoms. The lowest BCUT2D eigenvalue weighted by molar-refractivity contribution is -0.123. The molecule has 0 saturated carbocycles. The summed E-state index contributed by atoms with van der Waals surface area (Å²) in [5.41, 5.74) is 2.05. The van der Waals surface area contributed by atoms with Gasteiger partial charge in [0.25, 0.3) is 0 Å². The highest BCUT2D eigenvalue weighted by atomic mass is 16.2. The fourth-order valence-electron chi connectivity index (χ4n) is 2.89. The van der Waals surface area contributed by atoms with E-state index in [1.807, 2.05) is 19.0 Å². The summed E-state index contributed by atoms with van der Waals surface area (Å²) in [5.74, 6) is 6.73. The van der Waals surface area contributed by atoms with Crippen LogP contribution in [0.15, 0.2) is 42.6 Å². The molecule has 0 fully saturated rings. The first-order valence-electron chi connectivity index (χ1n) is 12.1. The van der Waals surface area contributed by atoms with Crippen molar-refractivity contribution in [3.63, 3.8) is 0 Å². The Hall–Kier alpha value is -4.41. The Morgan fingerprint density at radius 1 is 1.14 bits per heavy atom. The molecule has 0 bridgehead atoms. The molecule has 10 heteroatoms. The van der Waals surface area contributed by atoms with Gasteiger partial charge >= 0.3 is 0 Å². The molecule has 2 amide bonds. The Kier molecular flexibility index (Phi) is 12.7. The van der Waals surface area contributed by atoms with Crippen molar-refractivity contribution in [2.24, 2.45) is 0 Å². The summed E-state index contributed by atoms with van der Waals surface area (Å²) < 4.78 is 0. The van der Waals surface area contributed by atoms with Gasteiger partial charge in [-0.2, -0.15) is 10.2 Å². The summed E-state index contributed by atoms with van der Waals surface area (Å²) in [4.78, 5) is 34.4. The number of nitrogens with zero attached hydrogens (tertiary/aromatic N) is 4. The van der Waals surface area contributed by atoms with Gasteiger partial charge in [-0.3, -0.25) is 9.59 Å². The Balaban J connectivity index is 1.81. The number of aromatic nitrogens is 2. The molecule has 2 aromatic rings. The van der Waals surface area contributed by atoms with Gasteiger partial charge in [-0.15, -0.1) is 0 Å².